The Bertz CT molecular complexity index is 851. The average Bonchev–Trinajstić information content (AvgIpc) is 3.11. The first kappa shape index (κ1) is 18.9. The first-order valence-electron chi connectivity index (χ1n) is 10.1. The van der Waals surface area contributed by atoms with Gasteiger partial charge in [-0.05, 0) is 43.9 Å². The number of likely N-dealkylation sites (tertiary alicyclic amines) is 1. The van der Waals surface area contributed by atoms with Crippen molar-refractivity contribution in [2.75, 3.05) is 13.2 Å². The molecule has 1 saturated heterocycles. The summed E-state index contributed by atoms with van der Waals surface area (Å²) < 4.78 is 21.1. The molecule has 7 heteroatoms. The van der Waals surface area contributed by atoms with Crippen LogP contribution >= 0.6 is 0 Å². The summed E-state index contributed by atoms with van der Waals surface area (Å²) in [7, 11) is 0. The molecule has 0 radical (unpaired) electrons. The molecule has 1 fully saturated rings. The second-order valence-corrected chi connectivity index (χ2v) is 7.42. The molecule has 1 unspecified atom stereocenters. The van der Waals surface area contributed by atoms with Crippen molar-refractivity contribution in [3.63, 3.8) is 0 Å². The van der Waals surface area contributed by atoms with Crippen LogP contribution in [0.1, 0.15) is 54.7 Å². The van der Waals surface area contributed by atoms with Gasteiger partial charge in [0, 0.05) is 37.3 Å². The zero-order valence-corrected chi connectivity index (χ0v) is 16.3. The minimum absolute atomic E-state index is 0.0375. The Morgan fingerprint density at radius 2 is 2.29 bits per heavy atom. The van der Waals surface area contributed by atoms with E-state index < -0.39 is 0 Å². The second-order valence-electron chi connectivity index (χ2n) is 7.42. The number of nitrogens with zero attached hydrogens (tertiary/aromatic N) is 3. The Hall–Kier alpha value is -2.41. The lowest BCUT2D eigenvalue weighted by Crippen LogP contribution is -2.44. The van der Waals surface area contributed by atoms with E-state index in [0.717, 1.165) is 55.7 Å². The van der Waals surface area contributed by atoms with Crippen molar-refractivity contribution in [2.45, 2.75) is 58.3 Å². The molecule has 4 rings (SSSR count). The fraction of sp³-hybridized carbons (Fsp3) is 0.524. The molecule has 1 atom stereocenters. The molecule has 6 nitrogen and oxygen atoms in total. The van der Waals surface area contributed by atoms with Crippen molar-refractivity contribution in [1.82, 2.24) is 20.0 Å². The van der Waals surface area contributed by atoms with Gasteiger partial charge in [-0.2, -0.15) is 5.10 Å². The predicted octanol–water partition coefficient (Wildman–Crippen LogP) is 3.55. The first-order valence-corrected chi connectivity index (χ1v) is 10.1. The van der Waals surface area contributed by atoms with Crippen LogP contribution in [0.3, 0.4) is 0 Å². The molecule has 150 valence electrons. The number of hydrogen-bond acceptors (Lipinski definition) is 3. The second kappa shape index (κ2) is 8.31. The molecule has 1 aromatic heterocycles. The highest BCUT2D eigenvalue weighted by molar-refractivity contribution is 5.75. The van der Waals surface area contributed by atoms with Crippen LogP contribution < -0.4 is 5.32 Å². The van der Waals surface area contributed by atoms with E-state index >= 15 is 0 Å². The van der Waals surface area contributed by atoms with Gasteiger partial charge in [0.15, 0.2) is 0 Å². The van der Waals surface area contributed by atoms with Gasteiger partial charge in [0.05, 0.1) is 24.9 Å². The van der Waals surface area contributed by atoms with Crippen LogP contribution in [0.2, 0.25) is 0 Å². The molecule has 2 aliphatic rings. The first-order chi connectivity index (χ1) is 13.7. The van der Waals surface area contributed by atoms with Gasteiger partial charge in [-0.3, -0.25) is 4.68 Å². The van der Waals surface area contributed by atoms with E-state index in [2.05, 4.69) is 16.9 Å². The summed E-state index contributed by atoms with van der Waals surface area (Å²) in [5.74, 6) is -0.292. The maximum Gasteiger partial charge on any atom is 0.318 e. The summed E-state index contributed by atoms with van der Waals surface area (Å²) >= 11 is 0. The molecule has 2 amide bonds. The largest absolute Gasteiger partial charge is 0.376 e. The Kier molecular flexibility index (Phi) is 5.62. The molecule has 0 saturated carbocycles. The molecule has 28 heavy (non-hydrogen) atoms. The third kappa shape index (κ3) is 3.76. The van der Waals surface area contributed by atoms with Gasteiger partial charge in [-0.15, -0.1) is 0 Å². The van der Waals surface area contributed by atoms with Crippen LogP contribution in [0.25, 0.3) is 0 Å². The highest BCUT2D eigenvalue weighted by atomic mass is 19.1. The van der Waals surface area contributed by atoms with E-state index in [9.17, 15) is 9.18 Å². The van der Waals surface area contributed by atoms with E-state index in [1.165, 1.54) is 17.8 Å². The lowest BCUT2D eigenvalue weighted by molar-refractivity contribution is 0.105. The van der Waals surface area contributed by atoms with E-state index in [4.69, 9.17) is 9.84 Å². The Labute approximate surface area is 164 Å². The molecule has 0 aliphatic carbocycles. The SMILES string of the molecule is CCn1nc(C2CCCCN2C(=O)NCc2cccc(F)c2)c2c1CCOC2. The normalized spacial score (nSPS) is 19.4. The highest BCUT2D eigenvalue weighted by Crippen LogP contribution is 2.35. The number of nitrogens with one attached hydrogen (secondary N) is 1. The molecule has 2 aliphatic heterocycles. The van der Waals surface area contributed by atoms with Gasteiger partial charge >= 0.3 is 6.03 Å². The zero-order valence-electron chi connectivity index (χ0n) is 16.3. The van der Waals surface area contributed by atoms with Crippen molar-refractivity contribution in [1.29, 1.82) is 0 Å². The van der Waals surface area contributed by atoms with Crippen molar-refractivity contribution >= 4 is 6.03 Å². The van der Waals surface area contributed by atoms with Gasteiger partial charge in [0.25, 0.3) is 0 Å². The molecular weight excluding hydrogens is 359 g/mol. The number of ether oxygens (including phenoxy) is 1. The Morgan fingerprint density at radius 1 is 1.39 bits per heavy atom. The maximum atomic E-state index is 13.4. The minimum Gasteiger partial charge on any atom is -0.376 e. The summed E-state index contributed by atoms with van der Waals surface area (Å²) in [5.41, 5.74) is 4.14. The quantitative estimate of drug-likeness (QED) is 0.874. The van der Waals surface area contributed by atoms with E-state index in [-0.39, 0.29) is 17.9 Å². The number of piperidine rings is 1. The summed E-state index contributed by atoms with van der Waals surface area (Å²) in [4.78, 5) is 14.8. The van der Waals surface area contributed by atoms with Gasteiger partial charge in [-0.25, -0.2) is 9.18 Å². The van der Waals surface area contributed by atoms with Crippen LogP contribution in [0.15, 0.2) is 24.3 Å². The molecular formula is C21H27FN4O2. The summed E-state index contributed by atoms with van der Waals surface area (Å²) in [6.07, 6.45) is 3.83. The molecule has 2 aromatic rings. The minimum atomic E-state index is -0.292. The Balaban J connectivity index is 1.53. The van der Waals surface area contributed by atoms with Crippen LogP contribution in [0, 0.1) is 5.82 Å². The number of fused-ring (bicyclic) bond motifs is 1. The Morgan fingerprint density at radius 3 is 3.11 bits per heavy atom. The van der Waals surface area contributed by atoms with E-state index in [0.29, 0.717) is 19.7 Å². The zero-order chi connectivity index (χ0) is 19.5. The lowest BCUT2D eigenvalue weighted by Gasteiger charge is -2.35. The summed E-state index contributed by atoms with van der Waals surface area (Å²) in [6, 6.07) is 6.17. The fourth-order valence-corrected chi connectivity index (χ4v) is 4.25. The van der Waals surface area contributed by atoms with Crippen molar-refractivity contribution in [2.24, 2.45) is 0 Å². The van der Waals surface area contributed by atoms with Crippen LogP contribution in [-0.4, -0.2) is 33.9 Å². The number of carbonyl (C=O) groups excluding carboxylic acids is 1. The fourth-order valence-electron chi connectivity index (χ4n) is 4.25. The predicted molar refractivity (Wildman–Crippen MR) is 103 cm³/mol. The third-order valence-corrected chi connectivity index (χ3v) is 5.64. The lowest BCUT2D eigenvalue weighted by atomic mass is 9.95. The smallest absolute Gasteiger partial charge is 0.318 e. The van der Waals surface area contributed by atoms with E-state index in [1.54, 1.807) is 6.07 Å². The van der Waals surface area contributed by atoms with Crippen LogP contribution in [0.5, 0.6) is 0 Å². The molecule has 3 heterocycles. The maximum absolute atomic E-state index is 13.4. The number of rotatable bonds is 4. The molecule has 0 spiro atoms. The average molecular weight is 386 g/mol. The molecule has 0 bridgehead atoms. The number of urea groups is 1. The summed E-state index contributed by atoms with van der Waals surface area (Å²) in [5, 5.41) is 7.81. The number of aryl methyl sites for hydroxylation is 1. The van der Waals surface area contributed by atoms with Gasteiger partial charge in [-0.1, -0.05) is 12.1 Å². The van der Waals surface area contributed by atoms with Crippen LogP contribution in [0.4, 0.5) is 9.18 Å². The number of hydrogen-bond donors (Lipinski definition) is 1. The van der Waals surface area contributed by atoms with Gasteiger partial charge < -0.3 is 15.0 Å². The van der Waals surface area contributed by atoms with Crippen molar-refractivity contribution in [3.8, 4) is 0 Å². The highest BCUT2D eigenvalue weighted by Gasteiger charge is 2.34. The number of halogens is 1. The number of amides is 2. The molecule has 1 N–H and O–H groups in total. The van der Waals surface area contributed by atoms with E-state index in [1.807, 2.05) is 11.0 Å². The number of aromatic nitrogens is 2. The van der Waals surface area contributed by atoms with Gasteiger partial charge in [0.2, 0.25) is 0 Å². The number of carbonyl (C=O) groups is 1. The van der Waals surface area contributed by atoms with Crippen molar-refractivity contribution in [3.05, 3.63) is 52.6 Å². The standard InChI is InChI=1S/C21H27FN4O2/c1-2-26-18-9-11-28-14-17(18)20(24-26)19-8-3-4-10-25(19)21(27)23-13-15-6-5-7-16(22)12-15/h5-7,12,19H,2-4,8-11,13-14H2,1H3,(H,23,27). The summed E-state index contributed by atoms with van der Waals surface area (Å²) in [6.45, 7) is 5.22. The van der Waals surface area contributed by atoms with Crippen molar-refractivity contribution < 1.29 is 13.9 Å². The molecule has 1 aromatic carbocycles. The number of benzene rings is 1. The van der Waals surface area contributed by atoms with Crippen LogP contribution in [-0.2, 0) is 30.9 Å². The topological polar surface area (TPSA) is 59.4 Å². The third-order valence-electron chi connectivity index (χ3n) is 5.64. The van der Waals surface area contributed by atoms with Gasteiger partial charge in [0.1, 0.15) is 5.82 Å². The monoisotopic (exact) mass is 386 g/mol.